The van der Waals surface area contributed by atoms with Crippen LogP contribution in [0.3, 0.4) is 0 Å². The fraction of sp³-hybridized carbons (Fsp3) is 0.100. The van der Waals surface area contributed by atoms with Gasteiger partial charge in [-0.2, -0.15) is 0 Å². The van der Waals surface area contributed by atoms with E-state index < -0.39 is 0 Å². The van der Waals surface area contributed by atoms with Gasteiger partial charge in [0.15, 0.2) is 0 Å². The number of anilines is 3. The zero-order valence-corrected chi connectivity index (χ0v) is 14.8. The van der Waals surface area contributed by atoms with Crippen molar-refractivity contribution in [2.75, 3.05) is 24.9 Å². The van der Waals surface area contributed by atoms with Crippen LogP contribution < -0.4 is 20.1 Å². The molecule has 0 radical (unpaired) electrons. The number of amides is 1. The van der Waals surface area contributed by atoms with Gasteiger partial charge in [-0.25, -0.2) is 9.37 Å². The molecule has 2 aromatic carbocycles. The minimum Gasteiger partial charge on any atom is -0.497 e. The van der Waals surface area contributed by atoms with E-state index in [1.807, 2.05) is 0 Å². The van der Waals surface area contributed by atoms with Crippen LogP contribution in [0.15, 0.2) is 60.8 Å². The Morgan fingerprint density at radius 2 is 1.70 bits per heavy atom. The second-order valence-corrected chi connectivity index (χ2v) is 5.58. The third-order valence-corrected chi connectivity index (χ3v) is 3.78. The Kier molecular flexibility index (Phi) is 5.51. The van der Waals surface area contributed by atoms with E-state index in [-0.39, 0.29) is 17.4 Å². The van der Waals surface area contributed by atoms with Crippen molar-refractivity contribution in [3.8, 4) is 11.5 Å². The summed E-state index contributed by atoms with van der Waals surface area (Å²) in [7, 11) is 3.16. The average molecular weight is 367 g/mol. The van der Waals surface area contributed by atoms with E-state index in [9.17, 15) is 9.18 Å². The third-order valence-electron chi connectivity index (χ3n) is 3.78. The summed E-state index contributed by atoms with van der Waals surface area (Å²) in [4.78, 5) is 16.4. The SMILES string of the molecule is COc1ccc(OC)c(Nc2ccc(C(=O)Nc3ccc(F)cc3)nc2)c1. The van der Waals surface area contributed by atoms with E-state index in [0.717, 1.165) is 0 Å². The number of carbonyl (C=O) groups is 1. The van der Waals surface area contributed by atoms with Crippen molar-refractivity contribution in [2.24, 2.45) is 0 Å². The molecule has 0 aliphatic rings. The Labute approximate surface area is 156 Å². The summed E-state index contributed by atoms with van der Waals surface area (Å²) >= 11 is 0. The van der Waals surface area contributed by atoms with Gasteiger partial charge in [0, 0.05) is 11.8 Å². The van der Waals surface area contributed by atoms with Crippen LogP contribution >= 0.6 is 0 Å². The second kappa shape index (κ2) is 8.18. The molecule has 0 fully saturated rings. The molecule has 6 nitrogen and oxygen atoms in total. The van der Waals surface area contributed by atoms with Gasteiger partial charge in [0.25, 0.3) is 5.91 Å². The summed E-state index contributed by atoms with van der Waals surface area (Å²) in [5, 5.41) is 5.84. The molecule has 0 bridgehead atoms. The normalized spacial score (nSPS) is 10.2. The van der Waals surface area contributed by atoms with Gasteiger partial charge in [-0.05, 0) is 48.5 Å². The lowest BCUT2D eigenvalue weighted by molar-refractivity contribution is 0.102. The summed E-state index contributed by atoms with van der Waals surface area (Å²) in [5.41, 5.74) is 2.12. The molecule has 0 atom stereocenters. The number of ether oxygens (including phenoxy) is 2. The molecule has 7 heteroatoms. The van der Waals surface area contributed by atoms with Gasteiger partial charge in [0.05, 0.1) is 31.8 Å². The highest BCUT2D eigenvalue weighted by atomic mass is 19.1. The Hall–Kier alpha value is -3.61. The molecule has 1 amide bonds. The molecule has 2 N–H and O–H groups in total. The van der Waals surface area contributed by atoms with E-state index >= 15 is 0 Å². The Bertz CT molecular complexity index is 928. The summed E-state index contributed by atoms with van der Waals surface area (Å²) in [5.74, 6) is 0.581. The first-order chi connectivity index (χ1) is 13.1. The number of nitrogens with zero attached hydrogens (tertiary/aromatic N) is 1. The molecule has 0 saturated heterocycles. The van der Waals surface area contributed by atoms with Crippen LogP contribution in [0.2, 0.25) is 0 Å². The molecule has 0 aliphatic heterocycles. The lowest BCUT2D eigenvalue weighted by atomic mass is 10.2. The third kappa shape index (κ3) is 4.52. The van der Waals surface area contributed by atoms with Gasteiger partial charge in [-0.1, -0.05) is 0 Å². The van der Waals surface area contributed by atoms with Crippen molar-refractivity contribution >= 4 is 23.0 Å². The number of hydrogen-bond donors (Lipinski definition) is 2. The molecule has 27 heavy (non-hydrogen) atoms. The Balaban J connectivity index is 1.72. The molecule has 1 aromatic heterocycles. The van der Waals surface area contributed by atoms with Crippen molar-refractivity contribution < 1.29 is 18.7 Å². The van der Waals surface area contributed by atoms with Crippen molar-refractivity contribution in [1.82, 2.24) is 4.98 Å². The van der Waals surface area contributed by atoms with Gasteiger partial charge in [0.1, 0.15) is 23.0 Å². The van der Waals surface area contributed by atoms with E-state index in [0.29, 0.717) is 28.6 Å². The number of benzene rings is 2. The number of halogens is 1. The molecule has 0 aliphatic carbocycles. The predicted octanol–water partition coefficient (Wildman–Crippen LogP) is 4.23. The van der Waals surface area contributed by atoms with Gasteiger partial charge >= 0.3 is 0 Å². The second-order valence-electron chi connectivity index (χ2n) is 5.58. The number of methoxy groups -OCH3 is 2. The van der Waals surface area contributed by atoms with Crippen LogP contribution in [-0.4, -0.2) is 25.1 Å². The van der Waals surface area contributed by atoms with E-state index in [4.69, 9.17) is 9.47 Å². The molecule has 1 heterocycles. The number of hydrogen-bond acceptors (Lipinski definition) is 5. The van der Waals surface area contributed by atoms with Gasteiger partial charge in [-0.3, -0.25) is 4.79 Å². The van der Waals surface area contributed by atoms with Crippen LogP contribution in [0.5, 0.6) is 11.5 Å². The fourth-order valence-electron chi connectivity index (χ4n) is 2.40. The lowest BCUT2D eigenvalue weighted by Gasteiger charge is -2.12. The van der Waals surface area contributed by atoms with Crippen LogP contribution in [-0.2, 0) is 0 Å². The van der Waals surface area contributed by atoms with Gasteiger partial charge < -0.3 is 20.1 Å². The zero-order valence-electron chi connectivity index (χ0n) is 14.8. The minimum atomic E-state index is -0.382. The van der Waals surface area contributed by atoms with Crippen LogP contribution in [0.25, 0.3) is 0 Å². The van der Waals surface area contributed by atoms with E-state index in [1.165, 1.54) is 24.3 Å². The summed E-state index contributed by atoms with van der Waals surface area (Å²) in [6.45, 7) is 0. The smallest absolute Gasteiger partial charge is 0.274 e. The highest BCUT2D eigenvalue weighted by molar-refractivity contribution is 6.02. The van der Waals surface area contributed by atoms with Crippen LogP contribution in [0, 0.1) is 5.82 Å². The summed E-state index contributed by atoms with van der Waals surface area (Å²) < 4.78 is 23.5. The molecule has 138 valence electrons. The first-order valence-corrected chi connectivity index (χ1v) is 8.11. The minimum absolute atomic E-state index is 0.238. The molecular formula is C20H18FN3O3. The summed E-state index contributed by atoms with van der Waals surface area (Å²) in [6, 6.07) is 14.2. The van der Waals surface area contributed by atoms with Crippen molar-refractivity contribution in [3.05, 3.63) is 72.3 Å². The number of pyridine rings is 1. The standard InChI is InChI=1S/C20H18FN3O3/c1-26-16-8-10-19(27-2)18(11-16)23-15-7-9-17(22-12-15)20(25)24-14-5-3-13(21)4-6-14/h3-12,23H,1-2H3,(H,24,25). The highest BCUT2D eigenvalue weighted by Gasteiger charge is 2.09. The fourth-order valence-corrected chi connectivity index (χ4v) is 2.40. The Morgan fingerprint density at radius 1 is 0.963 bits per heavy atom. The molecule has 0 unspecified atom stereocenters. The molecular weight excluding hydrogens is 349 g/mol. The molecule has 3 aromatic rings. The molecule has 0 spiro atoms. The lowest BCUT2D eigenvalue weighted by Crippen LogP contribution is -2.13. The van der Waals surface area contributed by atoms with Crippen molar-refractivity contribution in [2.45, 2.75) is 0 Å². The zero-order chi connectivity index (χ0) is 19.2. The van der Waals surface area contributed by atoms with Crippen LogP contribution in [0.4, 0.5) is 21.5 Å². The monoisotopic (exact) mass is 367 g/mol. The number of nitrogens with one attached hydrogen (secondary N) is 2. The Morgan fingerprint density at radius 3 is 2.33 bits per heavy atom. The molecule has 3 rings (SSSR count). The maximum absolute atomic E-state index is 12.9. The first kappa shape index (κ1) is 18.2. The van der Waals surface area contributed by atoms with Crippen molar-refractivity contribution in [1.29, 1.82) is 0 Å². The van der Waals surface area contributed by atoms with Crippen LogP contribution in [0.1, 0.15) is 10.5 Å². The topological polar surface area (TPSA) is 72.5 Å². The van der Waals surface area contributed by atoms with Gasteiger partial charge in [-0.15, -0.1) is 0 Å². The van der Waals surface area contributed by atoms with Gasteiger partial charge in [0.2, 0.25) is 0 Å². The largest absolute Gasteiger partial charge is 0.497 e. The first-order valence-electron chi connectivity index (χ1n) is 8.11. The highest BCUT2D eigenvalue weighted by Crippen LogP contribution is 2.31. The van der Waals surface area contributed by atoms with Crippen molar-refractivity contribution in [3.63, 3.8) is 0 Å². The molecule has 0 saturated carbocycles. The maximum atomic E-state index is 12.9. The average Bonchev–Trinajstić information content (AvgIpc) is 2.70. The summed E-state index contributed by atoms with van der Waals surface area (Å²) in [6.07, 6.45) is 1.54. The van der Waals surface area contributed by atoms with E-state index in [2.05, 4.69) is 15.6 Å². The predicted molar refractivity (Wildman–Crippen MR) is 101 cm³/mol. The van der Waals surface area contributed by atoms with E-state index in [1.54, 1.807) is 50.7 Å². The number of aromatic nitrogens is 1. The number of carbonyl (C=O) groups excluding carboxylic acids is 1. The quantitative estimate of drug-likeness (QED) is 0.682. The maximum Gasteiger partial charge on any atom is 0.274 e. The number of rotatable bonds is 6.